The van der Waals surface area contributed by atoms with Crippen LogP contribution in [0.25, 0.3) is 6.08 Å². The van der Waals surface area contributed by atoms with Crippen molar-refractivity contribution in [2.24, 2.45) is 11.5 Å². The van der Waals surface area contributed by atoms with Crippen molar-refractivity contribution in [1.29, 1.82) is 0 Å². The van der Waals surface area contributed by atoms with Crippen LogP contribution < -0.4 is 75.3 Å². The zero-order valence-electron chi connectivity index (χ0n) is 58.3. The summed E-state index contributed by atoms with van der Waals surface area (Å²) in [5.74, 6) is -20.1. The first-order valence-corrected chi connectivity index (χ1v) is 34.5. The summed E-state index contributed by atoms with van der Waals surface area (Å²) in [6.07, 6.45) is -7.78. The van der Waals surface area contributed by atoms with Gasteiger partial charge < -0.3 is 116 Å². The van der Waals surface area contributed by atoms with Gasteiger partial charge >= 0.3 is 5.97 Å². The highest BCUT2D eigenvalue weighted by molar-refractivity contribution is 9.10. The largest absolute Gasteiger partial charge is 0.480 e. The first-order valence-electron chi connectivity index (χ1n) is 33.7. The minimum Gasteiger partial charge on any atom is -0.480 e. The average molecular weight is 1570 g/mol. The van der Waals surface area contributed by atoms with Gasteiger partial charge in [0.05, 0.1) is 69.0 Å². The summed E-state index contributed by atoms with van der Waals surface area (Å²) in [5, 5.41) is 104. The van der Waals surface area contributed by atoms with Gasteiger partial charge in [-0.05, 0) is 42.7 Å². The number of aromatic nitrogens is 2. The van der Waals surface area contributed by atoms with Gasteiger partial charge in [-0.15, -0.1) is 0 Å². The lowest BCUT2D eigenvalue weighted by Crippen LogP contribution is -2.63. The van der Waals surface area contributed by atoms with E-state index in [0.717, 1.165) is 34.1 Å². The molecule has 14 amide bonds. The first-order chi connectivity index (χ1) is 51.2. The molecule has 3 heterocycles. The number of primary amides is 2. The number of carboxylic acid groups (broad SMARTS) is 1. The normalized spacial score (nSPS) is 25.5. The zero-order valence-corrected chi connectivity index (χ0v) is 59.9. The number of imidazole rings is 1. The minimum absolute atomic E-state index is 0.203. The van der Waals surface area contributed by atoms with Gasteiger partial charge in [0.15, 0.2) is 6.10 Å². The molecule has 0 aliphatic carbocycles. The van der Waals surface area contributed by atoms with Gasteiger partial charge in [-0.3, -0.25) is 67.1 Å². The van der Waals surface area contributed by atoms with E-state index in [1.54, 1.807) is 91.9 Å². The molecule has 108 heavy (non-hydrogen) atoms. The zero-order chi connectivity index (χ0) is 79.5. The fraction of sp³-hybridized carbons (Fsp3) is 0.420. The van der Waals surface area contributed by atoms with E-state index in [0.29, 0.717) is 16.7 Å². The summed E-state index contributed by atoms with van der Waals surface area (Å²) < 4.78 is 1.83. The van der Waals surface area contributed by atoms with Crippen molar-refractivity contribution in [3.8, 4) is 0 Å². The Bertz CT molecular complexity index is 3960. The molecule has 39 heteroatoms. The molecule has 582 valence electrons. The smallest absolute Gasteiger partial charge is 0.326 e. The van der Waals surface area contributed by atoms with Crippen molar-refractivity contribution < 1.29 is 108 Å². The number of benzene rings is 3. The fourth-order valence-electron chi connectivity index (χ4n) is 11.0. The Hall–Kier alpha value is -11.4. The lowest BCUT2D eigenvalue weighted by molar-refractivity contribution is -0.143. The van der Waals surface area contributed by atoms with Crippen molar-refractivity contribution in [2.75, 3.05) is 19.8 Å². The van der Waals surface area contributed by atoms with Crippen molar-refractivity contribution in [3.05, 3.63) is 142 Å². The summed E-state index contributed by atoms with van der Waals surface area (Å²) in [7, 11) is 0. The number of fused-ring (bicyclic) bond motifs is 2. The summed E-state index contributed by atoms with van der Waals surface area (Å²) >= 11 is 3.37. The molecule has 15 atom stereocenters. The van der Waals surface area contributed by atoms with Gasteiger partial charge in [-0.1, -0.05) is 113 Å². The van der Waals surface area contributed by atoms with Gasteiger partial charge in [0, 0.05) is 55.7 Å². The number of allylic oxidation sites excluding steroid dienone is 2. The van der Waals surface area contributed by atoms with Crippen LogP contribution in [0.5, 0.6) is 0 Å². The molecule has 3 aromatic carbocycles. The van der Waals surface area contributed by atoms with Gasteiger partial charge in [0.25, 0.3) is 0 Å². The number of aliphatic hydroxyl groups excluding tert-OH is 6. The van der Waals surface area contributed by atoms with Crippen LogP contribution in [0.3, 0.4) is 0 Å². The Morgan fingerprint density at radius 2 is 1.12 bits per heavy atom. The first kappa shape index (κ1) is 85.6. The molecule has 6 rings (SSSR count). The number of amides is 14. The molecule has 0 spiro atoms. The van der Waals surface area contributed by atoms with Crippen LogP contribution in [-0.4, -0.2) is 245 Å². The molecule has 23 N–H and O–H groups in total. The SMILES string of the molecule is CC(C=Cc1ccc(Br)cc1)=CC(O)C1CC(=O)NC(CO)C(=O)NC2Cn3cnc(c3)CC(NC(=O)CC(O)CC(C(=O)O)NC(=O)CCNC(=O)C(Cc3ccccc3)NC(=O)C(C(O)C(N)=O)NC(=O)C(CC(N)=O)NC2=O)C(=O)NC(C(C)O)C(=O)NC(CO)C(=O)NC(Cc2ccccc2)C(=O)N1. The van der Waals surface area contributed by atoms with Crippen molar-refractivity contribution >= 4 is 111 Å². The van der Waals surface area contributed by atoms with Crippen LogP contribution >= 0.6 is 15.9 Å². The van der Waals surface area contributed by atoms with Crippen LogP contribution in [0, 0.1) is 0 Å². The van der Waals surface area contributed by atoms with E-state index in [9.17, 15) is 108 Å². The highest BCUT2D eigenvalue weighted by Crippen LogP contribution is 2.17. The monoisotopic (exact) mass is 1570 g/mol. The van der Waals surface area contributed by atoms with E-state index < -0.39 is 244 Å². The van der Waals surface area contributed by atoms with E-state index >= 15 is 0 Å². The number of rotatable bonds is 16. The van der Waals surface area contributed by atoms with E-state index in [1.165, 1.54) is 18.2 Å². The van der Waals surface area contributed by atoms with Crippen LogP contribution in [0.15, 0.2) is 120 Å². The summed E-state index contributed by atoms with van der Waals surface area (Å²) in [6, 6.07) is 0.927. The van der Waals surface area contributed by atoms with Crippen LogP contribution in [0.4, 0.5) is 0 Å². The maximum absolute atomic E-state index is 14.9. The quantitative estimate of drug-likeness (QED) is 0.0463. The number of carbonyl (C=O) groups excluding carboxylic acids is 14. The number of hydrogen-bond donors (Lipinski definition) is 21. The summed E-state index contributed by atoms with van der Waals surface area (Å²) in [4.78, 5) is 214. The number of nitrogens with zero attached hydrogens (tertiary/aromatic N) is 2. The number of aliphatic hydroxyl groups is 6. The van der Waals surface area contributed by atoms with Crippen LogP contribution in [0.2, 0.25) is 0 Å². The number of aliphatic carboxylic acids is 1. The number of halogens is 1. The van der Waals surface area contributed by atoms with Gasteiger partial charge in [-0.2, -0.15) is 0 Å². The average Bonchev–Trinajstić information content (AvgIpc) is 1.20. The van der Waals surface area contributed by atoms with Crippen molar-refractivity contribution in [3.63, 3.8) is 0 Å². The standard InChI is InChI=1S/C69H87BrN16O22/c1-34(13-14-36-15-17-39(70)18-16-36)21-51(91)42-28-55(95)77-49(31-87)65(103)82-48-30-86-29-40(74-33-86)24-45(62(100)84-56(35(2)89)67(105)83-50(32-88)66(104)79-44(61(99)78-42)23-38-11-7-4-8-12-38)75-54(94)26-41(90)25-47(69(107)108)76-53(93)19-20-73-60(98)43(22-37-9-5-3-6-10-37)81-68(106)57(58(96)59(72)97)85-63(101)46(27-52(71)92)80-64(48)102/h3-18,21,29,33,35,41-51,56-58,87-91,96H,19-20,22-28,30-32H2,1-2H3,(H2,71,92)(H2,72,97)(H,73,98)(H,75,94)(H,76,93)(H,77,95)(H,78,99)(H,79,104)(H,80,102)(H,81,106)(H,82,103)(H,83,105)(H,84,100)(H,85,101)(H,107,108). The van der Waals surface area contributed by atoms with Crippen molar-refractivity contribution in [2.45, 2.75) is 163 Å². The molecule has 0 saturated carbocycles. The molecule has 0 saturated heterocycles. The van der Waals surface area contributed by atoms with E-state index in [1.807, 2.05) is 5.32 Å². The Balaban J connectivity index is 1.49. The molecule has 4 bridgehead atoms. The Morgan fingerprint density at radius 3 is 1.71 bits per heavy atom. The second kappa shape index (κ2) is 41.5. The highest BCUT2D eigenvalue weighted by Gasteiger charge is 2.40. The molecule has 2 aliphatic rings. The predicted molar refractivity (Wildman–Crippen MR) is 380 cm³/mol. The lowest BCUT2D eigenvalue weighted by atomic mass is 10.0. The number of hydrogen-bond acceptors (Lipinski definition) is 22. The highest BCUT2D eigenvalue weighted by atomic mass is 79.9. The van der Waals surface area contributed by atoms with Gasteiger partial charge in [0.1, 0.15) is 60.4 Å². The third kappa shape index (κ3) is 27.2. The Kier molecular flexibility index (Phi) is 32.9. The Labute approximate surface area is 624 Å². The molecular formula is C69H87BrN16O22. The molecule has 1 aromatic heterocycles. The molecular weight excluding hydrogens is 1480 g/mol. The Morgan fingerprint density at radius 1 is 0.593 bits per heavy atom. The topological polar surface area (TPSA) is 612 Å². The molecule has 2 aliphatic heterocycles. The molecule has 0 radical (unpaired) electrons. The molecule has 38 nitrogen and oxygen atoms in total. The summed E-state index contributed by atoms with van der Waals surface area (Å²) in [5.41, 5.74) is 12.7. The van der Waals surface area contributed by atoms with Crippen molar-refractivity contribution in [1.82, 2.24) is 73.4 Å². The van der Waals surface area contributed by atoms with E-state index in [4.69, 9.17) is 11.5 Å². The minimum atomic E-state index is -2.65. The van der Waals surface area contributed by atoms with E-state index in [2.05, 4.69) is 79.4 Å². The third-order valence-electron chi connectivity index (χ3n) is 16.7. The van der Waals surface area contributed by atoms with Gasteiger partial charge in [0.2, 0.25) is 82.7 Å². The second-order valence-corrected chi connectivity index (χ2v) is 26.4. The maximum atomic E-state index is 14.9. The fourth-order valence-corrected chi connectivity index (χ4v) is 11.3. The van der Waals surface area contributed by atoms with E-state index in [-0.39, 0.29) is 18.5 Å². The van der Waals surface area contributed by atoms with Crippen LogP contribution in [0.1, 0.15) is 68.3 Å². The molecule has 4 aromatic rings. The molecule has 0 fully saturated rings. The molecule has 15 unspecified atom stereocenters. The number of nitrogens with one attached hydrogen (secondary N) is 12. The third-order valence-corrected chi connectivity index (χ3v) is 17.3. The lowest BCUT2D eigenvalue weighted by Gasteiger charge is -2.28. The number of nitrogens with two attached hydrogens (primary N) is 2. The summed E-state index contributed by atoms with van der Waals surface area (Å²) in [6.45, 7) is -1.28. The van der Waals surface area contributed by atoms with Crippen LogP contribution in [-0.2, 0) is 97.7 Å². The number of carbonyl (C=O) groups is 15. The number of carboxylic acids is 1. The second-order valence-electron chi connectivity index (χ2n) is 25.5. The van der Waals surface area contributed by atoms with Gasteiger partial charge in [-0.25, -0.2) is 9.78 Å². The maximum Gasteiger partial charge on any atom is 0.326 e. The predicted octanol–water partition coefficient (Wildman–Crippen LogP) is -7.74.